The molecule has 1 saturated heterocycles. The van der Waals surface area contributed by atoms with Crippen LogP contribution in [0.25, 0.3) is 10.2 Å². The van der Waals surface area contributed by atoms with Crippen molar-refractivity contribution in [1.29, 1.82) is 0 Å². The first-order chi connectivity index (χ1) is 13.4. The molecule has 1 fully saturated rings. The van der Waals surface area contributed by atoms with Gasteiger partial charge in [-0.25, -0.2) is 9.97 Å². The number of esters is 1. The molecule has 1 amide bonds. The van der Waals surface area contributed by atoms with Gasteiger partial charge in [-0.1, -0.05) is 6.92 Å². The van der Waals surface area contributed by atoms with Crippen LogP contribution in [0.4, 0.5) is 5.82 Å². The molecule has 1 aliphatic rings. The zero-order chi connectivity index (χ0) is 20.3. The van der Waals surface area contributed by atoms with E-state index in [4.69, 9.17) is 4.74 Å². The second kappa shape index (κ2) is 8.86. The molecule has 0 bridgehead atoms. The molecule has 0 unspecified atom stereocenters. The molecule has 0 aromatic carbocycles. The molecule has 0 spiro atoms. The van der Waals surface area contributed by atoms with Crippen molar-refractivity contribution in [3.05, 3.63) is 16.8 Å². The number of aryl methyl sites for hydroxylation is 2. The van der Waals surface area contributed by atoms with Gasteiger partial charge in [0.25, 0.3) is 5.91 Å². The van der Waals surface area contributed by atoms with Gasteiger partial charge < -0.3 is 15.0 Å². The zero-order valence-corrected chi connectivity index (χ0v) is 17.8. The number of carbonyl (C=O) groups excluding carboxylic acids is 2. The molecular formula is C20H28N4O3S. The highest BCUT2D eigenvalue weighted by Crippen LogP contribution is 2.35. The number of carbonyl (C=O) groups is 2. The largest absolute Gasteiger partial charge is 0.455 e. The molecule has 2 aromatic heterocycles. The van der Waals surface area contributed by atoms with Gasteiger partial charge in [0.2, 0.25) is 0 Å². The Bertz CT molecular complexity index is 858. The highest BCUT2D eigenvalue weighted by molar-refractivity contribution is 7.18. The number of fused-ring (bicyclic) bond motifs is 1. The molecule has 0 saturated carbocycles. The number of aromatic nitrogens is 2. The second-order valence-corrected chi connectivity index (χ2v) is 8.61. The molecule has 152 valence electrons. The van der Waals surface area contributed by atoms with Crippen LogP contribution in [0.15, 0.2) is 6.33 Å². The van der Waals surface area contributed by atoms with Crippen LogP contribution in [0.1, 0.15) is 43.6 Å². The summed E-state index contributed by atoms with van der Waals surface area (Å²) in [6.45, 7) is 9.40. The van der Waals surface area contributed by atoms with E-state index < -0.39 is 0 Å². The Morgan fingerprint density at radius 2 is 2.04 bits per heavy atom. The number of piperidine rings is 1. The van der Waals surface area contributed by atoms with Crippen molar-refractivity contribution < 1.29 is 14.3 Å². The minimum absolute atomic E-state index is 0.0864. The minimum atomic E-state index is -0.283. The zero-order valence-electron chi connectivity index (χ0n) is 16.9. The number of nitrogens with one attached hydrogen (secondary N) is 1. The van der Waals surface area contributed by atoms with Crippen LogP contribution >= 0.6 is 11.3 Å². The maximum atomic E-state index is 12.3. The molecule has 3 rings (SSSR count). The first-order valence-corrected chi connectivity index (χ1v) is 10.6. The lowest BCUT2D eigenvalue weighted by Crippen LogP contribution is -2.39. The van der Waals surface area contributed by atoms with Gasteiger partial charge in [-0.2, -0.15) is 0 Å². The molecule has 3 heterocycles. The molecular weight excluding hydrogens is 376 g/mol. The maximum absolute atomic E-state index is 12.3. The summed E-state index contributed by atoms with van der Waals surface area (Å²) in [5, 5.41) is 3.92. The van der Waals surface area contributed by atoms with Crippen LogP contribution in [-0.2, 0) is 14.3 Å². The van der Waals surface area contributed by atoms with Crippen LogP contribution in [0, 0.1) is 19.8 Å². The smallest absolute Gasteiger partial charge is 0.309 e. The molecule has 8 heteroatoms. The Morgan fingerprint density at radius 1 is 1.32 bits per heavy atom. The second-order valence-electron chi connectivity index (χ2n) is 7.41. The number of hydrogen-bond donors (Lipinski definition) is 1. The highest BCUT2D eigenvalue weighted by atomic mass is 32.1. The highest BCUT2D eigenvalue weighted by Gasteiger charge is 2.28. The van der Waals surface area contributed by atoms with Crippen molar-refractivity contribution >= 4 is 39.2 Å². The van der Waals surface area contributed by atoms with E-state index in [1.807, 2.05) is 13.8 Å². The topological polar surface area (TPSA) is 84.4 Å². The van der Waals surface area contributed by atoms with Crippen LogP contribution in [0.2, 0.25) is 0 Å². The van der Waals surface area contributed by atoms with Gasteiger partial charge >= 0.3 is 5.97 Å². The average Bonchev–Trinajstić information content (AvgIpc) is 3.00. The molecule has 1 atom stereocenters. The van der Waals surface area contributed by atoms with E-state index in [9.17, 15) is 9.59 Å². The van der Waals surface area contributed by atoms with Crippen molar-refractivity contribution in [3.8, 4) is 0 Å². The lowest BCUT2D eigenvalue weighted by Gasteiger charge is -2.32. The van der Waals surface area contributed by atoms with E-state index in [2.05, 4.69) is 34.0 Å². The summed E-state index contributed by atoms with van der Waals surface area (Å²) in [5.74, 6) is 0.253. The summed E-state index contributed by atoms with van der Waals surface area (Å²) in [4.78, 5) is 37.5. The van der Waals surface area contributed by atoms with Gasteiger partial charge in [0.1, 0.15) is 17.0 Å². The summed E-state index contributed by atoms with van der Waals surface area (Å²) in [7, 11) is 0. The molecule has 2 aromatic rings. The van der Waals surface area contributed by atoms with E-state index in [-0.39, 0.29) is 30.4 Å². The maximum Gasteiger partial charge on any atom is 0.309 e. The van der Waals surface area contributed by atoms with E-state index in [0.717, 1.165) is 35.5 Å². The number of rotatable bonds is 6. The van der Waals surface area contributed by atoms with Crippen molar-refractivity contribution in [3.63, 3.8) is 0 Å². The van der Waals surface area contributed by atoms with Gasteiger partial charge in [-0.05, 0) is 45.6 Å². The minimum Gasteiger partial charge on any atom is -0.455 e. The number of thiophene rings is 1. The molecule has 1 aliphatic heterocycles. The number of anilines is 1. The third-order valence-corrected chi connectivity index (χ3v) is 6.55. The third-order valence-electron chi connectivity index (χ3n) is 5.44. The SMILES string of the molecule is CC[C@@H](C)NC(=O)COC(=O)C1CCN(c2ncnc3sc(C)c(C)c23)CC1. The summed E-state index contributed by atoms with van der Waals surface area (Å²) in [6, 6.07) is 0.0864. The Labute approximate surface area is 169 Å². The van der Waals surface area contributed by atoms with Crippen molar-refractivity contribution in [2.75, 3.05) is 24.6 Å². The quantitative estimate of drug-likeness (QED) is 0.745. The fourth-order valence-electron chi connectivity index (χ4n) is 3.40. The van der Waals surface area contributed by atoms with Gasteiger partial charge in [0.15, 0.2) is 6.61 Å². The summed E-state index contributed by atoms with van der Waals surface area (Å²) < 4.78 is 5.23. The van der Waals surface area contributed by atoms with E-state index in [1.165, 1.54) is 10.4 Å². The Balaban J connectivity index is 1.56. The molecule has 0 aliphatic carbocycles. The number of nitrogens with zero attached hydrogens (tertiary/aromatic N) is 3. The van der Waals surface area contributed by atoms with E-state index in [1.54, 1.807) is 17.7 Å². The first kappa shape index (κ1) is 20.5. The Morgan fingerprint density at radius 3 is 2.71 bits per heavy atom. The fraction of sp³-hybridized carbons (Fsp3) is 0.600. The van der Waals surface area contributed by atoms with Crippen molar-refractivity contribution in [2.45, 2.75) is 53.0 Å². The normalized spacial score (nSPS) is 16.2. The monoisotopic (exact) mass is 404 g/mol. The predicted molar refractivity (Wildman–Crippen MR) is 111 cm³/mol. The van der Waals surface area contributed by atoms with E-state index >= 15 is 0 Å². The summed E-state index contributed by atoms with van der Waals surface area (Å²) in [6.07, 6.45) is 3.85. The summed E-state index contributed by atoms with van der Waals surface area (Å²) in [5.41, 5.74) is 1.23. The standard InChI is InChI=1S/C20H28N4O3S/c1-5-12(2)23-16(25)10-27-20(26)15-6-8-24(9-7-15)18-17-13(3)14(4)28-19(17)22-11-21-18/h11-12,15H,5-10H2,1-4H3,(H,23,25)/t12-/m1/s1. The van der Waals surface area contributed by atoms with Gasteiger partial charge in [-0.3, -0.25) is 9.59 Å². The lowest BCUT2D eigenvalue weighted by molar-refractivity contribution is -0.153. The Hall–Kier alpha value is -2.22. The van der Waals surface area contributed by atoms with E-state index in [0.29, 0.717) is 12.8 Å². The van der Waals surface area contributed by atoms with Crippen LogP contribution in [0.3, 0.4) is 0 Å². The Kier molecular flexibility index (Phi) is 6.49. The average molecular weight is 405 g/mol. The predicted octanol–water partition coefficient (Wildman–Crippen LogP) is 2.98. The molecule has 7 nitrogen and oxygen atoms in total. The summed E-state index contributed by atoms with van der Waals surface area (Å²) >= 11 is 1.69. The molecule has 0 radical (unpaired) electrons. The third kappa shape index (κ3) is 4.43. The van der Waals surface area contributed by atoms with Gasteiger partial charge in [-0.15, -0.1) is 11.3 Å². The fourth-order valence-corrected chi connectivity index (χ4v) is 4.40. The van der Waals surface area contributed by atoms with Crippen molar-refractivity contribution in [1.82, 2.24) is 15.3 Å². The van der Waals surface area contributed by atoms with Crippen LogP contribution in [-0.4, -0.2) is 47.6 Å². The van der Waals surface area contributed by atoms with Gasteiger partial charge in [0, 0.05) is 24.0 Å². The number of amides is 1. The van der Waals surface area contributed by atoms with Crippen molar-refractivity contribution in [2.24, 2.45) is 5.92 Å². The molecule has 28 heavy (non-hydrogen) atoms. The lowest BCUT2D eigenvalue weighted by atomic mass is 9.97. The number of hydrogen-bond acceptors (Lipinski definition) is 7. The molecule has 1 N–H and O–H groups in total. The van der Waals surface area contributed by atoms with Crippen LogP contribution in [0.5, 0.6) is 0 Å². The van der Waals surface area contributed by atoms with Gasteiger partial charge in [0.05, 0.1) is 11.3 Å². The number of ether oxygens (including phenoxy) is 1. The van der Waals surface area contributed by atoms with Crippen LogP contribution < -0.4 is 10.2 Å². The first-order valence-electron chi connectivity index (χ1n) is 9.82.